The number of halogens is 1. The Balaban J connectivity index is 3.10. The van der Waals surface area contributed by atoms with Crippen molar-refractivity contribution in [1.29, 1.82) is 0 Å². The summed E-state index contributed by atoms with van der Waals surface area (Å²) in [5.74, 6) is 4.76. The highest BCUT2D eigenvalue weighted by Crippen LogP contribution is 2.13. The van der Waals surface area contributed by atoms with E-state index >= 15 is 0 Å². The Kier molecular flexibility index (Phi) is 2.66. The van der Waals surface area contributed by atoms with Crippen LogP contribution in [0.5, 0.6) is 0 Å². The molecule has 0 atom stereocenters. The number of nitrogens with two attached hydrogens (primary N) is 2. The Labute approximate surface area is 69.8 Å². The fraction of sp³-hybridized carbons (Fsp3) is 0. The van der Waals surface area contributed by atoms with Crippen LogP contribution in [0.25, 0.3) is 5.70 Å². The molecule has 1 aromatic carbocycles. The second kappa shape index (κ2) is 3.73. The first-order valence-electron chi connectivity index (χ1n) is 3.43. The molecule has 5 N–H and O–H groups in total. The summed E-state index contributed by atoms with van der Waals surface area (Å²) in [6.45, 7) is 0. The van der Waals surface area contributed by atoms with Crippen LogP contribution in [0.2, 0.25) is 0 Å². The molecule has 0 spiro atoms. The molecule has 0 bridgehead atoms. The second-order valence-corrected chi connectivity index (χ2v) is 2.20. The quantitative estimate of drug-likeness (QED) is 0.445. The highest BCUT2D eigenvalue weighted by atomic mass is 19.1. The van der Waals surface area contributed by atoms with Gasteiger partial charge in [-0.25, -0.2) is 4.39 Å². The molecule has 1 aromatic rings. The molecule has 4 heteroatoms. The van der Waals surface area contributed by atoms with Crippen molar-refractivity contribution in [3.05, 3.63) is 41.8 Å². The fourth-order valence-electron chi connectivity index (χ4n) is 0.895. The van der Waals surface area contributed by atoms with Gasteiger partial charge < -0.3 is 11.2 Å². The van der Waals surface area contributed by atoms with Crippen molar-refractivity contribution in [3.8, 4) is 0 Å². The smallest absolute Gasteiger partial charge is 0.132 e. The van der Waals surface area contributed by atoms with Crippen molar-refractivity contribution in [2.75, 3.05) is 0 Å². The molecule has 64 valence electrons. The number of hydrogen-bond acceptors (Lipinski definition) is 3. The van der Waals surface area contributed by atoms with Gasteiger partial charge in [0.05, 0.1) is 5.70 Å². The summed E-state index contributed by atoms with van der Waals surface area (Å²) >= 11 is 0. The summed E-state index contributed by atoms with van der Waals surface area (Å²) in [7, 11) is 0. The van der Waals surface area contributed by atoms with Gasteiger partial charge in [0.15, 0.2) is 0 Å². The van der Waals surface area contributed by atoms with E-state index in [4.69, 9.17) is 11.6 Å². The summed E-state index contributed by atoms with van der Waals surface area (Å²) in [5.41, 5.74) is 8.25. The Morgan fingerprint density at radius 1 is 1.42 bits per heavy atom. The first-order chi connectivity index (χ1) is 5.79. The molecule has 3 nitrogen and oxygen atoms in total. The van der Waals surface area contributed by atoms with Gasteiger partial charge in [-0.15, -0.1) is 0 Å². The lowest BCUT2D eigenvalue weighted by Gasteiger charge is -2.05. The van der Waals surface area contributed by atoms with Crippen molar-refractivity contribution >= 4 is 5.70 Å². The third kappa shape index (κ3) is 1.54. The summed E-state index contributed by atoms with van der Waals surface area (Å²) in [6, 6.07) is 6.24. The van der Waals surface area contributed by atoms with Crippen LogP contribution in [-0.2, 0) is 0 Å². The minimum Gasteiger partial charge on any atom is -0.403 e. The van der Waals surface area contributed by atoms with Crippen LogP contribution >= 0.6 is 0 Å². The van der Waals surface area contributed by atoms with E-state index < -0.39 is 0 Å². The maximum atomic E-state index is 13.0. The van der Waals surface area contributed by atoms with Crippen molar-refractivity contribution in [2.45, 2.75) is 0 Å². The Bertz CT molecular complexity index is 296. The number of hydrazine groups is 1. The lowest BCUT2D eigenvalue weighted by Crippen LogP contribution is -2.21. The predicted octanol–water partition coefficient (Wildman–Crippen LogP) is 0.546. The Hall–Kier alpha value is -1.55. The van der Waals surface area contributed by atoms with Gasteiger partial charge in [-0.2, -0.15) is 0 Å². The largest absolute Gasteiger partial charge is 0.403 e. The van der Waals surface area contributed by atoms with E-state index in [0.29, 0.717) is 11.3 Å². The van der Waals surface area contributed by atoms with Crippen LogP contribution < -0.4 is 17.0 Å². The molecular formula is C8H10FN3. The molecule has 0 aromatic heterocycles. The first kappa shape index (κ1) is 8.55. The molecule has 0 aliphatic heterocycles. The molecule has 0 aliphatic rings. The lowest BCUT2D eigenvalue weighted by atomic mass is 10.1. The molecule has 0 saturated heterocycles. The zero-order valence-electron chi connectivity index (χ0n) is 6.42. The molecule has 1 rings (SSSR count). The van der Waals surface area contributed by atoms with Crippen LogP contribution in [0.4, 0.5) is 4.39 Å². The Morgan fingerprint density at radius 2 is 2.08 bits per heavy atom. The van der Waals surface area contributed by atoms with Gasteiger partial charge in [0.25, 0.3) is 0 Å². The molecular weight excluding hydrogens is 157 g/mol. The van der Waals surface area contributed by atoms with E-state index in [1.807, 2.05) is 0 Å². The number of nitrogens with one attached hydrogen (secondary N) is 1. The van der Waals surface area contributed by atoms with Crippen LogP contribution in [0.15, 0.2) is 30.5 Å². The monoisotopic (exact) mass is 167 g/mol. The number of benzene rings is 1. The van der Waals surface area contributed by atoms with E-state index in [-0.39, 0.29) is 5.82 Å². The molecule has 0 unspecified atom stereocenters. The van der Waals surface area contributed by atoms with E-state index in [1.54, 1.807) is 18.2 Å². The van der Waals surface area contributed by atoms with Crippen molar-refractivity contribution < 1.29 is 4.39 Å². The number of rotatable bonds is 2. The first-order valence-corrected chi connectivity index (χ1v) is 3.43. The standard InChI is InChI=1S/C8H10FN3/c9-7-4-2-1-3-6(7)8(5-10)12-11/h1-5,12H,10-11H2/b8-5-. The van der Waals surface area contributed by atoms with Crippen molar-refractivity contribution in [2.24, 2.45) is 11.6 Å². The molecule has 0 radical (unpaired) electrons. The van der Waals surface area contributed by atoms with Gasteiger partial charge in [-0.3, -0.25) is 5.84 Å². The Morgan fingerprint density at radius 3 is 2.58 bits per heavy atom. The normalized spacial score (nSPS) is 11.3. The summed E-state index contributed by atoms with van der Waals surface area (Å²) in [6.07, 6.45) is 1.22. The molecule has 0 heterocycles. The third-order valence-electron chi connectivity index (χ3n) is 1.49. The maximum Gasteiger partial charge on any atom is 0.132 e. The summed E-state index contributed by atoms with van der Waals surface area (Å²) < 4.78 is 13.0. The molecule has 0 aliphatic carbocycles. The highest BCUT2D eigenvalue weighted by molar-refractivity contribution is 5.63. The molecule has 0 saturated carbocycles. The van der Waals surface area contributed by atoms with Crippen LogP contribution in [0, 0.1) is 5.82 Å². The second-order valence-electron chi connectivity index (χ2n) is 2.20. The number of hydrogen-bond donors (Lipinski definition) is 3. The highest BCUT2D eigenvalue weighted by Gasteiger charge is 2.03. The summed E-state index contributed by atoms with van der Waals surface area (Å²) in [5, 5.41) is 0. The predicted molar refractivity (Wildman–Crippen MR) is 45.9 cm³/mol. The zero-order chi connectivity index (χ0) is 8.97. The van der Waals surface area contributed by atoms with Gasteiger partial charge in [0, 0.05) is 11.8 Å². The van der Waals surface area contributed by atoms with Gasteiger partial charge in [0.2, 0.25) is 0 Å². The molecule has 0 fully saturated rings. The minimum atomic E-state index is -0.354. The van der Waals surface area contributed by atoms with Gasteiger partial charge in [-0.1, -0.05) is 12.1 Å². The van der Waals surface area contributed by atoms with Crippen molar-refractivity contribution in [1.82, 2.24) is 5.43 Å². The van der Waals surface area contributed by atoms with E-state index in [1.165, 1.54) is 12.3 Å². The van der Waals surface area contributed by atoms with E-state index in [0.717, 1.165) is 0 Å². The van der Waals surface area contributed by atoms with Gasteiger partial charge >= 0.3 is 0 Å². The summed E-state index contributed by atoms with van der Waals surface area (Å²) in [4.78, 5) is 0. The molecule has 0 amide bonds. The SMILES string of the molecule is N/C=C(\NN)c1ccccc1F. The molecule has 12 heavy (non-hydrogen) atoms. The van der Waals surface area contributed by atoms with Crippen LogP contribution in [0.1, 0.15) is 5.56 Å². The van der Waals surface area contributed by atoms with Gasteiger partial charge in [0.1, 0.15) is 5.82 Å². The zero-order valence-corrected chi connectivity index (χ0v) is 6.42. The average molecular weight is 167 g/mol. The van der Waals surface area contributed by atoms with E-state index in [9.17, 15) is 4.39 Å². The van der Waals surface area contributed by atoms with Crippen LogP contribution in [0.3, 0.4) is 0 Å². The topological polar surface area (TPSA) is 64.1 Å². The lowest BCUT2D eigenvalue weighted by molar-refractivity contribution is 0.622. The maximum absolute atomic E-state index is 13.0. The van der Waals surface area contributed by atoms with Crippen molar-refractivity contribution in [3.63, 3.8) is 0 Å². The minimum absolute atomic E-state index is 0.354. The van der Waals surface area contributed by atoms with Gasteiger partial charge in [-0.05, 0) is 12.1 Å². The van der Waals surface area contributed by atoms with E-state index in [2.05, 4.69) is 5.43 Å². The van der Waals surface area contributed by atoms with Crippen LogP contribution in [-0.4, -0.2) is 0 Å². The third-order valence-corrected chi connectivity index (χ3v) is 1.49. The average Bonchev–Trinajstić information content (AvgIpc) is 2.10. The fourth-order valence-corrected chi connectivity index (χ4v) is 0.895.